The van der Waals surface area contributed by atoms with E-state index < -0.39 is 0 Å². The molecule has 0 amide bonds. The highest BCUT2D eigenvalue weighted by Crippen LogP contribution is 2.31. The fourth-order valence-corrected chi connectivity index (χ4v) is 1.81. The van der Waals surface area contributed by atoms with Gasteiger partial charge in [-0.05, 0) is 24.0 Å². The Labute approximate surface area is 112 Å². The summed E-state index contributed by atoms with van der Waals surface area (Å²) in [5, 5.41) is 0. The SMILES string of the molecule is CCC(C)c1ccccc1Oc1nc(CCl)co1. The van der Waals surface area contributed by atoms with Crippen molar-refractivity contribution in [3.63, 3.8) is 0 Å². The summed E-state index contributed by atoms with van der Waals surface area (Å²) in [7, 11) is 0. The van der Waals surface area contributed by atoms with Crippen LogP contribution in [-0.2, 0) is 5.88 Å². The molecule has 18 heavy (non-hydrogen) atoms. The van der Waals surface area contributed by atoms with Crippen molar-refractivity contribution >= 4 is 11.6 Å². The highest BCUT2D eigenvalue weighted by Gasteiger charge is 2.12. The molecule has 0 aliphatic rings. The van der Waals surface area contributed by atoms with Crippen LogP contribution in [0.1, 0.15) is 37.4 Å². The first-order valence-corrected chi connectivity index (χ1v) is 6.55. The second-order valence-corrected chi connectivity index (χ2v) is 4.45. The molecule has 0 N–H and O–H groups in total. The van der Waals surface area contributed by atoms with Crippen LogP contribution in [0.4, 0.5) is 0 Å². The van der Waals surface area contributed by atoms with Crippen LogP contribution in [0.5, 0.6) is 11.8 Å². The maximum atomic E-state index is 5.68. The molecule has 96 valence electrons. The molecular weight excluding hydrogens is 250 g/mol. The molecule has 0 bridgehead atoms. The number of hydrogen-bond acceptors (Lipinski definition) is 3. The number of para-hydroxylation sites is 1. The highest BCUT2D eigenvalue weighted by atomic mass is 35.5. The van der Waals surface area contributed by atoms with Gasteiger partial charge in [-0.1, -0.05) is 32.0 Å². The maximum absolute atomic E-state index is 5.68. The van der Waals surface area contributed by atoms with E-state index in [1.807, 2.05) is 18.2 Å². The summed E-state index contributed by atoms with van der Waals surface area (Å²) in [5.74, 6) is 1.54. The van der Waals surface area contributed by atoms with Crippen LogP contribution in [0.25, 0.3) is 0 Å². The normalized spacial score (nSPS) is 12.4. The van der Waals surface area contributed by atoms with Gasteiger partial charge in [-0.25, -0.2) is 0 Å². The summed E-state index contributed by atoms with van der Waals surface area (Å²) in [4.78, 5) is 4.13. The van der Waals surface area contributed by atoms with Gasteiger partial charge in [0.25, 0.3) is 0 Å². The maximum Gasteiger partial charge on any atom is 0.399 e. The van der Waals surface area contributed by atoms with E-state index in [1.165, 1.54) is 6.26 Å². The Bertz CT molecular complexity index is 510. The van der Waals surface area contributed by atoms with Crippen molar-refractivity contribution in [3.05, 3.63) is 41.8 Å². The molecule has 1 unspecified atom stereocenters. The van der Waals surface area contributed by atoms with Gasteiger partial charge in [0.05, 0.1) is 11.6 Å². The lowest BCUT2D eigenvalue weighted by molar-refractivity contribution is 0.327. The second kappa shape index (κ2) is 5.91. The van der Waals surface area contributed by atoms with Crippen molar-refractivity contribution < 1.29 is 9.15 Å². The van der Waals surface area contributed by atoms with Crippen molar-refractivity contribution in [2.24, 2.45) is 0 Å². The third-order valence-corrected chi connectivity index (χ3v) is 3.20. The summed E-state index contributed by atoms with van der Waals surface area (Å²) in [6.45, 7) is 4.32. The zero-order valence-electron chi connectivity index (χ0n) is 10.5. The number of aromatic nitrogens is 1. The van der Waals surface area contributed by atoms with Gasteiger partial charge >= 0.3 is 6.08 Å². The minimum absolute atomic E-state index is 0.237. The van der Waals surface area contributed by atoms with Crippen molar-refractivity contribution in [2.75, 3.05) is 0 Å². The lowest BCUT2D eigenvalue weighted by Crippen LogP contribution is -1.96. The van der Waals surface area contributed by atoms with E-state index in [0.29, 0.717) is 17.5 Å². The molecule has 2 rings (SSSR count). The molecule has 3 nitrogen and oxygen atoms in total. The average molecular weight is 266 g/mol. The number of halogens is 1. The summed E-state index contributed by atoms with van der Waals surface area (Å²) < 4.78 is 10.9. The first kappa shape index (κ1) is 13.0. The molecular formula is C14H16ClNO2. The second-order valence-electron chi connectivity index (χ2n) is 4.19. The largest absolute Gasteiger partial charge is 0.417 e. The zero-order valence-corrected chi connectivity index (χ0v) is 11.3. The molecule has 0 saturated carbocycles. The number of hydrogen-bond donors (Lipinski definition) is 0. The third-order valence-electron chi connectivity index (χ3n) is 2.93. The van der Waals surface area contributed by atoms with E-state index in [4.69, 9.17) is 20.8 Å². The van der Waals surface area contributed by atoms with Crippen molar-refractivity contribution in [3.8, 4) is 11.8 Å². The van der Waals surface area contributed by atoms with Gasteiger partial charge in [-0.3, -0.25) is 0 Å². The first-order chi connectivity index (χ1) is 8.74. The highest BCUT2D eigenvalue weighted by molar-refractivity contribution is 6.16. The van der Waals surface area contributed by atoms with Crippen LogP contribution in [0.2, 0.25) is 0 Å². The number of ether oxygens (including phenoxy) is 1. The van der Waals surface area contributed by atoms with E-state index >= 15 is 0 Å². The van der Waals surface area contributed by atoms with Gasteiger partial charge < -0.3 is 9.15 Å². The fraction of sp³-hybridized carbons (Fsp3) is 0.357. The van der Waals surface area contributed by atoms with Gasteiger partial charge in [0.15, 0.2) is 0 Å². The summed E-state index contributed by atoms with van der Waals surface area (Å²) in [6, 6.07) is 7.93. The molecule has 0 radical (unpaired) electrons. The lowest BCUT2D eigenvalue weighted by atomic mass is 9.98. The van der Waals surface area contributed by atoms with Crippen LogP contribution < -0.4 is 4.74 Å². The minimum atomic E-state index is 0.237. The first-order valence-electron chi connectivity index (χ1n) is 6.01. The van der Waals surface area contributed by atoms with Gasteiger partial charge in [0.1, 0.15) is 12.0 Å². The van der Waals surface area contributed by atoms with Crippen LogP contribution in [0.3, 0.4) is 0 Å². The number of alkyl halides is 1. The molecule has 0 spiro atoms. The molecule has 1 aromatic carbocycles. The summed E-state index contributed by atoms with van der Waals surface area (Å²) in [6.07, 6.45) is 2.80. The van der Waals surface area contributed by atoms with Crippen LogP contribution in [0, 0.1) is 0 Å². The minimum Gasteiger partial charge on any atom is -0.417 e. The fourth-order valence-electron chi connectivity index (χ4n) is 1.69. The third kappa shape index (κ3) is 2.85. The van der Waals surface area contributed by atoms with E-state index in [1.54, 1.807) is 0 Å². The van der Waals surface area contributed by atoms with Gasteiger partial charge in [-0.2, -0.15) is 4.98 Å². The Morgan fingerprint density at radius 3 is 2.83 bits per heavy atom. The van der Waals surface area contributed by atoms with Crippen LogP contribution >= 0.6 is 11.6 Å². The molecule has 4 heteroatoms. The van der Waals surface area contributed by atoms with E-state index in [2.05, 4.69) is 24.9 Å². The van der Waals surface area contributed by atoms with E-state index in [-0.39, 0.29) is 6.08 Å². The Hall–Kier alpha value is -1.48. The topological polar surface area (TPSA) is 35.3 Å². The average Bonchev–Trinajstić information content (AvgIpc) is 2.86. The summed E-state index contributed by atoms with van der Waals surface area (Å²) >= 11 is 5.67. The Morgan fingerprint density at radius 2 is 2.17 bits per heavy atom. The molecule has 1 heterocycles. The van der Waals surface area contributed by atoms with Gasteiger partial charge in [-0.15, -0.1) is 11.6 Å². The molecule has 1 atom stereocenters. The zero-order chi connectivity index (χ0) is 13.0. The quantitative estimate of drug-likeness (QED) is 0.734. The number of nitrogens with zero attached hydrogens (tertiary/aromatic N) is 1. The Balaban J connectivity index is 2.23. The van der Waals surface area contributed by atoms with E-state index in [9.17, 15) is 0 Å². The molecule has 0 saturated heterocycles. The molecule has 0 fully saturated rings. The predicted molar refractivity (Wildman–Crippen MR) is 71.3 cm³/mol. The monoisotopic (exact) mass is 265 g/mol. The van der Waals surface area contributed by atoms with Crippen LogP contribution in [-0.4, -0.2) is 4.98 Å². The molecule has 0 aliphatic carbocycles. The van der Waals surface area contributed by atoms with Gasteiger partial charge in [0, 0.05) is 0 Å². The molecule has 2 aromatic rings. The molecule has 0 aliphatic heterocycles. The van der Waals surface area contributed by atoms with Gasteiger partial charge in [0.2, 0.25) is 0 Å². The van der Waals surface area contributed by atoms with Crippen molar-refractivity contribution in [1.82, 2.24) is 4.98 Å². The van der Waals surface area contributed by atoms with Crippen molar-refractivity contribution in [1.29, 1.82) is 0 Å². The Morgan fingerprint density at radius 1 is 1.39 bits per heavy atom. The summed E-state index contributed by atoms with van der Waals surface area (Å²) in [5.41, 5.74) is 1.83. The number of benzene rings is 1. The Kier molecular flexibility index (Phi) is 4.26. The number of rotatable bonds is 5. The lowest BCUT2D eigenvalue weighted by Gasteiger charge is -2.13. The van der Waals surface area contributed by atoms with Crippen molar-refractivity contribution in [2.45, 2.75) is 32.1 Å². The smallest absolute Gasteiger partial charge is 0.399 e. The van der Waals surface area contributed by atoms with E-state index in [0.717, 1.165) is 17.7 Å². The molecule has 1 aromatic heterocycles. The predicted octanol–water partition coefficient (Wildman–Crippen LogP) is 4.72. The number of oxazole rings is 1. The van der Waals surface area contributed by atoms with Crippen LogP contribution in [0.15, 0.2) is 34.9 Å². The standard InChI is InChI=1S/C14H16ClNO2/c1-3-10(2)12-6-4-5-7-13(12)18-14-16-11(8-15)9-17-14/h4-7,9-10H,3,8H2,1-2H3.